The highest BCUT2D eigenvalue weighted by Crippen LogP contribution is 2.28. The molecule has 29 heavy (non-hydrogen) atoms. The maximum absolute atomic E-state index is 11.5. The van der Waals surface area contributed by atoms with Crippen molar-refractivity contribution in [3.05, 3.63) is 88.5 Å². The molecule has 0 amide bonds. The molecule has 0 spiro atoms. The molecule has 0 atom stereocenters. The van der Waals surface area contributed by atoms with Crippen molar-refractivity contribution in [1.29, 1.82) is 0 Å². The number of benzene rings is 3. The van der Waals surface area contributed by atoms with Crippen molar-refractivity contribution in [3.63, 3.8) is 0 Å². The highest BCUT2D eigenvalue weighted by molar-refractivity contribution is 5.80. The second-order valence-corrected chi connectivity index (χ2v) is 7.01. The van der Waals surface area contributed by atoms with Crippen LogP contribution >= 0.6 is 0 Å². The van der Waals surface area contributed by atoms with Gasteiger partial charge in [0.05, 0.1) is 5.56 Å². The molecule has 0 aliphatic heterocycles. The van der Waals surface area contributed by atoms with E-state index in [9.17, 15) is 4.79 Å². The van der Waals surface area contributed by atoms with Crippen LogP contribution in [0, 0.1) is 20.8 Å². The molecule has 0 aliphatic carbocycles. The van der Waals surface area contributed by atoms with Gasteiger partial charge in [0, 0.05) is 0 Å². The second kappa shape index (κ2) is 9.78. The van der Waals surface area contributed by atoms with Crippen LogP contribution in [0.15, 0.2) is 60.7 Å². The van der Waals surface area contributed by atoms with Crippen molar-refractivity contribution < 1.29 is 19.0 Å². The van der Waals surface area contributed by atoms with E-state index in [4.69, 9.17) is 14.2 Å². The van der Waals surface area contributed by atoms with Gasteiger partial charge >= 0.3 is 0 Å². The molecule has 0 fully saturated rings. The van der Waals surface area contributed by atoms with Gasteiger partial charge in [0.15, 0.2) is 6.29 Å². The number of aryl methyl sites for hydroxylation is 3. The molecule has 0 bridgehead atoms. The molecule has 3 aromatic rings. The van der Waals surface area contributed by atoms with Crippen molar-refractivity contribution in [2.75, 3.05) is 13.2 Å². The molecule has 0 aromatic heterocycles. The van der Waals surface area contributed by atoms with Crippen molar-refractivity contribution in [2.45, 2.75) is 27.4 Å². The molecule has 3 aromatic carbocycles. The third-order valence-corrected chi connectivity index (χ3v) is 4.61. The topological polar surface area (TPSA) is 44.8 Å². The summed E-state index contributed by atoms with van der Waals surface area (Å²) in [7, 11) is 0. The summed E-state index contributed by atoms with van der Waals surface area (Å²) in [5, 5.41) is 0. The molecule has 4 heteroatoms. The average molecular weight is 390 g/mol. The molecular weight excluding hydrogens is 364 g/mol. The van der Waals surface area contributed by atoms with Crippen LogP contribution in [0.1, 0.15) is 32.6 Å². The van der Waals surface area contributed by atoms with Gasteiger partial charge in [0.2, 0.25) is 0 Å². The van der Waals surface area contributed by atoms with Gasteiger partial charge in [-0.3, -0.25) is 4.79 Å². The smallest absolute Gasteiger partial charge is 0.153 e. The molecule has 0 saturated carbocycles. The summed E-state index contributed by atoms with van der Waals surface area (Å²) in [4.78, 5) is 11.5. The quantitative estimate of drug-likeness (QED) is 0.359. The van der Waals surface area contributed by atoms with Gasteiger partial charge in [-0.2, -0.15) is 0 Å². The number of ether oxygens (including phenoxy) is 3. The monoisotopic (exact) mass is 390 g/mol. The summed E-state index contributed by atoms with van der Waals surface area (Å²) >= 11 is 0. The van der Waals surface area contributed by atoms with Gasteiger partial charge in [-0.15, -0.1) is 0 Å². The number of rotatable bonds is 9. The second-order valence-electron chi connectivity index (χ2n) is 7.01. The first-order valence-corrected chi connectivity index (χ1v) is 9.66. The summed E-state index contributed by atoms with van der Waals surface area (Å²) in [6, 6.07) is 19.5. The van der Waals surface area contributed by atoms with E-state index in [1.54, 1.807) is 6.07 Å². The minimum absolute atomic E-state index is 0.386. The first-order chi connectivity index (χ1) is 14.1. The van der Waals surface area contributed by atoms with Crippen LogP contribution in [0.25, 0.3) is 0 Å². The van der Waals surface area contributed by atoms with E-state index >= 15 is 0 Å². The number of carbonyl (C=O) groups excluding carboxylic acids is 1. The Labute approximate surface area is 172 Å². The van der Waals surface area contributed by atoms with E-state index in [0.717, 1.165) is 34.3 Å². The molecule has 150 valence electrons. The minimum atomic E-state index is 0.386. The van der Waals surface area contributed by atoms with Crippen LogP contribution in [-0.4, -0.2) is 19.5 Å². The summed E-state index contributed by atoms with van der Waals surface area (Å²) in [6.07, 6.45) is 0.791. The van der Waals surface area contributed by atoms with Crippen LogP contribution in [0.3, 0.4) is 0 Å². The van der Waals surface area contributed by atoms with E-state index in [1.165, 1.54) is 0 Å². The summed E-state index contributed by atoms with van der Waals surface area (Å²) < 4.78 is 17.5. The lowest BCUT2D eigenvalue weighted by Crippen LogP contribution is -2.10. The zero-order valence-corrected chi connectivity index (χ0v) is 17.1. The fraction of sp³-hybridized carbons (Fsp3) is 0.240. The van der Waals surface area contributed by atoms with Gasteiger partial charge < -0.3 is 14.2 Å². The van der Waals surface area contributed by atoms with Crippen molar-refractivity contribution >= 4 is 6.29 Å². The first-order valence-electron chi connectivity index (χ1n) is 9.66. The number of carbonyl (C=O) groups is 1. The SMILES string of the molecule is Cc1ccc(C)c(OCCOc2cc(C=O)c(OCc3ccccc3)cc2C)c1. The van der Waals surface area contributed by atoms with Crippen LogP contribution in [-0.2, 0) is 6.61 Å². The lowest BCUT2D eigenvalue weighted by atomic mass is 10.1. The molecule has 0 aliphatic rings. The minimum Gasteiger partial charge on any atom is -0.490 e. The maximum atomic E-state index is 11.5. The van der Waals surface area contributed by atoms with Gasteiger partial charge in [-0.05, 0) is 61.2 Å². The van der Waals surface area contributed by atoms with Crippen LogP contribution < -0.4 is 14.2 Å². The summed E-state index contributed by atoms with van der Waals surface area (Å²) in [6.45, 7) is 7.21. The fourth-order valence-corrected chi connectivity index (χ4v) is 2.95. The van der Waals surface area contributed by atoms with E-state index in [2.05, 4.69) is 6.07 Å². The summed E-state index contributed by atoms with van der Waals surface area (Å²) in [5.41, 5.74) is 4.67. The summed E-state index contributed by atoms with van der Waals surface area (Å²) in [5.74, 6) is 2.08. The Morgan fingerprint density at radius 1 is 0.724 bits per heavy atom. The maximum Gasteiger partial charge on any atom is 0.153 e. The lowest BCUT2D eigenvalue weighted by Gasteiger charge is -2.15. The van der Waals surface area contributed by atoms with Crippen LogP contribution in [0.4, 0.5) is 0 Å². The predicted octanol–water partition coefficient (Wildman–Crippen LogP) is 5.46. The van der Waals surface area contributed by atoms with Gasteiger partial charge in [-0.1, -0.05) is 42.5 Å². The molecule has 0 unspecified atom stereocenters. The van der Waals surface area contributed by atoms with Crippen molar-refractivity contribution in [3.8, 4) is 17.2 Å². The Morgan fingerprint density at radius 2 is 1.41 bits per heavy atom. The van der Waals surface area contributed by atoms with Crippen LogP contribution in [0.2, 0.25) is 0 Å². The van der Waals surface area contributed by atoms with E-state index in [0.29, 0.717) is 36.9 Å². The van der Waals surface area contributed by atoms with Gasteiger partial charge in [0.25, 0.3) is 0 Å². The Hall–Kier alpha value is -3.27. The Kier molecular flexibility index (Phi) is 6.90. The fourth-order valence-electron chi connectivity index (χ4n) is 2.95. The third-order valence-electron chi connectivity index (χ3n) is 4.61. The van der Waals surface area contributed by atoms with E-state index in [1.807, 2.05) is 69.3 Å². The van der Waals surface area contributed by atoms with Gasteiger partial charge in [-0.25, -0.2) is 0 Å². The normalized spacial score (nSPS) is 10.4. The zero-order valence-electron chi connectivity index (χ0n) is 17.1. The van der Waals surface area contributed by atoms with E-state index in [-0.39, 0.29) is 0 Å². The molecule has 0 radical (unpaired) electrons. The molecule has 0 saturated heterocycles. The molecule has 0 N–H and O–H groups in total. The number of aldehydes is 1. The molecule has 3 rings (SSSR count). The van der Waals surface area contributed by atoms with Crippen molar-refractivity contribution in [1.82, 2.24) is 0 Å². The first kappa shape index (κ1) is 20.5. The third kappa shape index (κ3) is 5.61. The Morgan fingerprint density at radius 3 is 2.10 bits per heavy atom. The lowest BCUT2D eigenvalue weighted by molar-refractivity contribution is 0.111. The van der Waals surface area contributed by atoms with Crippen LogP contribution in [0.5, 0.6) is 17.2 Å². The largest absolute Gasteiger partial charge is 0.490 e. The highest BCUT2D eigenvalue weighted by Gasteiger charge is 2.10. The average Bonchev–Trinajstić information content (AvgIpc) is 2.73. The number of hydrogen-bond donors (Lipinski definition) is 0. The Balaban J connectivity index is 1.59. The predicted molar refractivity (Wildman–Crippen MR) is 114 cm³/mol. The van der Waals surface area contributed by atoms with Gasteiger partial charge in [0.1, 0.15) is 37.1 Å². The highest BCUT2D eigenvalue weighted by atomic mass is 16.5. The zero-order chi connectivity index (χ0) is 20.6. The standard InChI is InChI=1S/C25H26O4/c1-18-9-10-19(2)23(13-18)27-11-12-28-24-15-22(16-26)25(14-20(24)3)29-17-21-7-5-4-6-8-21/h4-10,13-16H,11-12,17H2,1-3H3. The van der Waals surface area contributed by atoms with Crippen molar-refractivity contribution in [2.24, 2.45) is 0 Å². The molecule has 4 nitrogen and oxygen atoms in total. The number of hydrogen-bond acceptors (Lipinski definition) is 4. The molecule has 0 heterocycles. The Bertz CT molecular complexity index is 964. The molecular formula is C25H26O4. The van der Waals surface area contributed by atoms with E-state index < -0.39 is 0 Å².